The minimum absolute atomic E-state index is 0.914. The number of fused-ring (bicyclic) bond motifs is 9. The average Bonchev–Trinajstić information content (AvgIpc) is 3.78. The van der Waals surface area contributed by atoms with Gasteiger partial charge in [-0.2, -0.15) is 0 Å². The third kappa shape index (κ3) is 4.00. The SMILES string of the molecule is c1ccc2cc(-c3csc4c3ccc3c5ccc(-c6c7ccccc7c(-c7cccc8ccccc78)c7ccccc67)cc5oc34)ccc2c1. The Kier molecular flexibility index (Phi) is 5.89. The Morgan fingerprint density at radius 3 is 1.74 bits per heavy atom. The molecule has 0 radical (unpaired) electrons. The maximum absolute atomic E-state index is 6.82. The second kappa shape index (κ2) is 10.6. The average molecular weight is 653 g/mol. The van der Waals surface area contributed by atoms with Crippen molar-refractivity contribution in [1.29, 1.82) is 0 Å². The van der Waals surface area contributed by atoms with Crippen LogP contribution in [0.3, 0.4) is 0 Å². The first-order chi connectivity index (χ1) is 24.8. The molecule has 0 fully saturated rings. The van der Waals surface area contributed by atoms with Gasteiger partial charge >= 0.3 is 0 Å². The van der Waals surface area contributed by atoms with Crippen molar-refractivity contribution in [1.82, 2.24) is 0 Å². The van der Waals surface area contributed by atoms with Crippen LogP contribution in [0.15, 0.2) is 174 Å². The molecule has 11 aromatic rings. The lowest BCUT2D eigenvalue weighted by molar-refractivity contribution is 0.673. The van der Waals surface area contributed by atoms with Crippen LogP contribution in [-0.2, 0) is 0 Å². The van der Waals surface area contributed by atoms with Gasteiger partial charge in [-0.05, 0) is 101 Å². The van der Waals surface area contributed by atoms with Crippen molar-refractivity contribution in [3.8, 4) is 33.4 Å². The number of hydrogen-bond donors (Lipinski definition) is 0. The summed E-state index contributed by atoms with van der Waals surface area (Å²) < 4.78 is 8.02. The zero-order valence-corrected chi connectivity index (χ0v) is 27.8. The van der Waals surface area contributed by atoms with Gasteiger partial charge in [0.15, 0.2) is 5.58 Å². The Morgan fingerprint density at radius 2 is 0.960 bits per heavy atom. The van der Waals surface area contributed by atoms with Crippen LogP contribution in [0.5, 0.6) is 0 Å². The van der Waals surface area contributed by atoms with Crippen LogP contribution in [0.25, 0.3) is 108 Å². The predicted octanol–water partition coefficient (Wildman–Crippen LogP) is 14.4. The fourth-order valence-corrected chi connectivity index (χ4v) is 9.30. The van der Waals surface area contributed by atoms with Crippen molar-refractivity contribution in [2.24, 2.45) is 0 Å². The quantitative estimate of drug-likeness (QED) is 0.173. The highest BCUT2D eigenvalue weighted by atomic mass is 32.1. The van der Waals surface area contributed by atoms with Crippen LogP contribution in [0, 0.1) is 0 Å². The largest absolute Gasteiger partial charge is 0.455 e. The van der Waals surface area contributed by atoms with Gasteiger partial charge in [0.25, 0.3) is 0 Å². The molecule has 0 spiro atoms. The van der Waals surface area contributed by atoms with Crippen LogP contribution in [-0.4, -0.2) is 0 Å². The van der Waals surface area contributed by atoms with Gasteiger partial charge < -0.3 is 4.42 Å². The number of rotatable bonds is 3. The van der Waals surface area contributed by atoms with Gasteiger partial charge in [0.2, 0.25) is 0 Å². The van der Waals surface area contributed by atoms with Gasteiger partial charge in [-0.15, -0.1) is 11.3 Å². The number of thiophene rings is 1. The molecule has 2 heteroatoms. The summed E-state index contributed by atoms with van der Waals surface area (Å²) in [6.45, 7) is 0. The lowest BCUT2D eigenvalue weighted by Gasteiger charge is -2.18. The molecule has 0 bridgehead atoms. The van der Waals surface area contributed by atoms with E-state index in [-0.39, 0.29) is 0 Å². The molecular weight excluding hydrogens is 625 g/mol. The van der Waals surface area contributed by atoms with E-state index in [0.29, 0.717) is 0 Å². The van der Waals surface area contributed by atoms with E-state index in [1.165, 1.54) is 81.0 Å². The second-order valence-corrected chi connectivity index (χ2v) is 14.1. The van der Waals surface area contributed by atoms with E-state index in [9.17, 15) is 0 Å². The topological polar surface area (TPSA) is 13.1 Å². The first-order valence-corrected chi connectivity index (χ1v) is 18.0. The van der Waals surface area contributed by atoms with E-state index >= 15 is 0 Å². The third-order valence-corrected chi connectivity index (χ3v) is 11.5. The number of benzene rings is 9. The maximum Gasteiger partial charge on any atom is 0.153 e. The molecule has 232 valence electrons. The highest BCUT2D eigenvalue weighted by Gasteiger charge is 2.20. The van der Waals surface area contributed by atoms with Crippen LogP contribution >= 0.6 is 11.3 Å². The zero-order chi connectivity index (χ0) is 32.8. The van der Waals surface area contributed by atoms with E-state index in [0.717, 1.165) is 27.5 Å². The lowest BCUT2D eigenvalue weighted by Crippen LogP contribution is -1.91. The highest BCUT2D eigenvalue weighted by molar-refractivity contribution is 7.18. The van der Waals surface area contributed by atoms with E-state index in [1.54, 1.807) is 11.3 Å². The van der Waals surface area contributed by atoms with Gasteiger partial charge in [0.05, 0.1) is 4.70 Å². The molecule has 0 atom stereocenters. The first-order valence-electron chi connectivity index (χ1n) is 17.1. The van der Waals surface area contributed by atoms with Crippen molar-refractivity contribution >= 4 is 86.5 Å². The lowest BCUT2D eigenvalue weighted by atomic mass is 9.84. The fraction of sp³-hybridized carbons (Fsp3) is 0. The Balaban J connectivity index is 1.13. The molecule has 0 saturated heterocycles. The predicted molar refractivity (Wildman–Crippen MR) is 215 cm³/mol. The Labute approximate surface area is 292 Å². The van der Waals surface area contributed by atoms with Crippen molar-refractivity contribution in [2.75, 3.05) is 0 Å². The normalized spacial score (nSPS) is 12.0. The van der Waals surface area contributed by atoms with E-state index < -0.39 is 0 Å². The molecule has 0 saturated carbocycles. The summed E-state index contributed by atoms with van der Waals surface area (Å²) in [7, 11) is 0. The smallest absolute Gasteiger partial charge is 0.153 e. The molecule has 0 aliphatic heterocycles. The summed E-state index contributed by atoms with van der Waals surface area (Å²) >= 11 is 1.77. The zero-order valence-electron chi connectivity index (χ0n) is 27.0. The molecule has 2 aromatic heterocycles. The molecular formula is C48H28OS. The van der Waals surface area contributed by atoms with Crippen molar-refractivity contribution in [2.45, 2.75) is 0 Å². The molecule has 0 amide bonds. The number of hydrogen-bond acceptors (Lipinski definition) is 2. The summed E-state index contributed by atoms with van der Waals surface area (Å²) in [5.74, 6) is 0. The van der Waals surface area contributed by atoms with Gasteiger partial charge in [-0.25, -0.2) is 0 Å². The van der Waals surface area contributed by atoms with Gasteiger partial charge in [-0.3, -0.25) is 0 Å². The summed E-state index contributed by atoms with van der Waals surface area (Å²) in [6.07, 6.45) is 0. The van der Waals surface area contributed by atoms with Crippen molar-refractivity contribution in [3.05, 3.63) is 169 Å². The van der Waals surface area contributed by atoms with Crippen LogP contribution in [0.2, 0.25) is 0 Å². The molecule has 0 aliphatic rings. The maximum atomic E-state index is 6.82. The first kappa shape index (κ1) is 27.7. The van der Waals surface area contributed by atoms with Crippen LogP contribution < -0.4 is 0 Å². The standard InChI is InChI=1S/C48H28OS/c1-2-12-31-26-32(21-20-29(31)10-1)43-28-50-48-42(43)25-24-41-35-23-22-33(27-44(35)49-47(41)48)45-37-15-5-7-17-39(37)46(40-18-8-6-16-38(40)45)36-19-9-13-30-11-3-4-14-34(30)36/h1-28H. The van der Waals surface area contributed by atoms with Gasteiger partial charge in [-0.1, -0.05) is 140 Å². The van der Waals surface area contributed by atoms with Gasteiger partial charge in [0.1, 0.15) is 5.58 Å². The molecule has 2 heterocycles. The molecule has 1 nitrogen and oxygen atoms in total. The molecule has 0 N–H and O–H groups in total. The summed E-state index contributed by atoms with van der Waals surface area (Å²) in [6, 6.07) is 59.7. The van der Waals surface area contributed by atoms with E-state index in [4.69, 9.17) is 4.42 Å². The van der Waals surface area contributed by atoms with Crippen molar-refractivity contribution in [3.63, 3.8) is 0 Å². The molecule has 11 rings (SSSR count). The second-order valence-electron chi connectivity index (χ2n) is 13.2. The third-order valence-electron chi connectivity index (χ3n) is 10.5. The van der Waals surface area contributed by atoms with Crippen LogP contribution in [0.1, 0.15) is 0 Å². The van der Waals surface area contributed by atoms with Crippen LogP contribution in [0.4, 0.5) is 0 Å². The Bertz CT molecular complexity index is 3100. The highest BCUT2D eigenvalue weighted by Crippen LogP contribution is 2.47. The minimum atomic E-state index is 0.914. The Morgan fingerprint density at radius 1 is 0.360 bits per heavy atom. The molecule has 0 unspecified atom stereocenters. The minimum Gasteiger partial charge on any atom is -0.455 e. The summed E-state index contributed by atoms with van der Waals surface area (Å²) in [5, 5.41) is 15.8. The van der Waals surface area contributed by atoms with Crippen molar-refractivity contribution < 1.29 is 4.42 Å². The Hall–Kier alpha value is -6.22. The summed E-state index contributed by atoms with van der Waals surface area (Å²) in [4.78, 5) is 0. The molecule has 50 heavy (non-hydrogen) atoms. The van der Waals surface area contributed by atoms with E-state index in [2.05, 4.69) is 169 Å². The number of furan rings is 1. The van der Waals surface area contributed by atoms with E-state index in [1.807, 2.05) is 0 Å². The monoisotopic (exact) mass is 652 g/mol. The molecule has 9 aromatic carbocycles. The van der Waals surface area contributed by atoms with Gasteiger partial charge in [0, 0.05) is 21.7 Å². The fourth-order valence-electron chi connectivity index (χ4n) is 8.23. The molecule has 0 aliphatic carbocycles. The summed E-state index contributed by atoms with van der Waals surface area (Å²) in [5.41, 5.74) is 9.31.